The summed E-state index contributed by atoms with van der Waals surface area (Å²) in [6.45, 7) is 0.482. The van der Waals surface area contributed by atoms with Gasteiger partial charge in [-0.2, -0.15) is 0 Å². The van der Waals surface area contributed by atoms with Crippen LogP contribution in [0.4, 0.5) is 0 Å². The maximum atomic E-state index is 11.7. The Bertz CT molecular complexity index is 630. The second-order valence-electron chi connectivity index (χ2n) is 8.68. The van der Waals surface area contributed by atoms with E-state index in [0.29, 0.717) is 6.42 Å². The first-order valence-corrected chi connectivity index (χ1v) is 14.3. The molecule has 35 heavy (non-hydrogen) atoms. The van der Waals surface area contributed by atoms with E-state index < -0.39 is 51.7 Å². The molecular formula is C24H46NO9P. The van der Waals surface area contributed by atoms with Gasteiger partial charge in [0.25, 0.3) is 0 Å². The van der Waals surface area contributed by atoms with E-state index in [-0.39, 0.29) is 6.42 Å². The molecule has 0 radical (unpaired) electrons. The zero-order valence-corrected chi connectivity index (χ0v) is 22.0. The molecule has 0 saturated heterocycles. The fourth-order valence-corrected chi connectivity index (χ4v) is 3.90. The average molecular weight is 524 g/mol. The molecule has 5 N–H and O–H groups in total. The second-order valence-corrected chi connectivity index (χ2v) is 10.1. The van der Waals surface area contributed by atoms with Crippen molar-refractivity contribution in [1.82, 2.24) is 0 Å². The molecule has 0 aliphatic rings. The fourth-order valence-electron chi connectivity index (χ4n) is 3.11. The standard InChI is InChI=1S/C24H46NO9P/c1-2-3-4-5-6-7-8-9-10-11-12-13-14-15-16-17-23(27)32-18-21(26)19-33-35(30,31)34-20-22(25)24(28)29/h9-10,21-22,26H,2-8,11-20,25H2,1H3,(H,28,29)(H,30,31)/b10-9-/t21?,22-/m0/s1. The van der Waals surface area contributed by atoms with Gasteiger partial charge in [-0.05, 0) is 32.1 Å². The fraction of sp³-hybridized carbons (Fsp3) is 0.833. The van der Waals surface area contributed by atoms with Gasteiger partial charge in [0, 0.05) is 6.42 Å². The topological polar surface area (TPSA) is 166 Å². The van der Waals surface area contributed by atoms with Crippen molar-refractivity contribution in [2.75, 3.05) is 19.8 Å². The summed E-state index contributed by atoms with van der Waals surface area (Å²) in [7, 11) is -4.58. The van der Waals surface area contributed by atoms with E-state index in [0.717, 1.165) is 32.1 Å². The number of carbonyl (C=O) groups is 2. The summed E-state index contributed by atoms with van der Waals surface area (Å²) in [6, 6.07) is -1.48. The molecule has 0 bridgehead atoms. The van der Waals surface area contributed by atoms with Crippen molar-refractivity contribution in [3.05, 3.63) is 12.2 Å². The number of carbonyl (C=O) groups excluding carboxylic acids is 1. The van der Waals surface area contributed by atoms with Crippen LogP contribution in [0.25, 0.3) is 0 Å². The number of hydrogen-bond acceptors (Lipinski definition) is 8. The van der Waals surface area contributed by atoms with Crippen molar-refractivity contribution in [1.29, 1.82) is 0 Å². The molecule has 0 aliphatic carbocycles. The van der Waals surface area contributed by atoms with Crippen LogP contribution < -0.4 is 5.73 Å². The van der Waals surface area contributed by atoms with E-state index in [2.05, 4.69) is 28.1 Å². The van der Waals surface area contributed by atoms with Crippen LogP contribution in [0.2, 0.25) is 0 Å². The number of phosphoric acid groups is 1. The van der Waals surface area contributed by atoms with Gasteiger partial charge in [0.1, 0.15) is 18.8 Å². The van der Waals surface area contributed by atoms with Crippen LogP contribution in [0, 0.1) is 0 Å². The normalized spacial score (nSPS) is 15.1. The molecule has 11 heteroatoms. The summed E-state index contributed by atoms with van der Waals surface area (Å²) in [5.74, 6) is -1.86. The predicted molar refractivity (Wildman–Crippen MR) is 134 cm³/mol. The molecule has 0 aromatic rings. The third-order valence-electron chi connectivity index (χ3n) is 5.24. The van der Waals surface area contributed by atoms with Crippen molar-refractivity contribution in [3.63, 3.8) is 0 Å². The highest BCUT2D eigenvalue weighted by Gasteiger charge is 2.26. The lowest BCUT2D eigenvalue weighted by atomic mass is 10.1. The van der Waals surface area contributed by atoms with Gasteiger partial charge < -0.3 is 25.6 Å². The molecule has 0 fully saturated rings. The number of ether oxygens (including phenoxy) is 1. The largest absolute Gasteiger partial charge is 0.480 e. The summed E-state index contributed by atoms with van der Waals surface area (Å²) < 4.78 is 25.5. The number of aliphatic hydroxyl groups excluding tert-OH is 1. The Morgan fingerprint density at radius 1 is 0.857 bits per heavy atom. The minimum absolute atomic E-state index is 0.237. The molecule has 0 saturated carbocycles. The van der Waals surface area contributed by atoms with Crippen molar-refractivity contribution < 1.29 is 43.0 Å². The lowest BCUT2D eigenvalue weighted by Gasteiger charge is -2.16. The lowest BCUT2D eigenvalue weighted by Crippen LogP contribution is -2.34. The molecule has 2 unspecified atom stereocenters. The van der Waals surface area contributed by atoms with Crippen molar-refractivity contribution in [2.24, 2.45) is 5.73 Å². The molecule has 0 aromatic carbocycles. The van der Waals surface area contributed by atoms with Gasteiger partial charge in [-0.3, -0.25) is 18.6 Å². The van der Waals surface area contributed by atoms with Crippen LogP contribution in [0.15, 0.2) is 12.2 Å². The van der Waals surface area contributed by atoms with Gasteiger partial charge in [-0.15, -0.1) is 0 Å². The van der Waals surface area contributed by atoms with E-state index in [1.165, 1.54) is 44.9 Å². The molecular weight excluding hydrogens is 477 g/mol. The predicted octanol–water partition coefficient (Wildman–Crippen LogP) is 4.47. The Labute approximate surface area is 209 Å². The monoisotopic (exact) mass is 523 g/mol. The summed E-state index contributed by atoms with van der Waals surface area (Å²) in [5.41, 5.74) is 5.15. The first-order chi connectivity index (χ1) is 16.7. The van der Waals surface area contributed by atoms with Gasteiger partial charge in [-0.25, -0.2) is 4.57 Å². The van der Waals surface area contributed by atoms with Gasteiger partial charge in [-0.1, -0.05) is 70.4 Å². The van der Waals surface area contributed by atoms with Crippen LogP contribution in [0.5, 0.6) is 0 Å². The second kappa shape index (κ2) is 21.9. The Balaban J connectivity index is 3.62. The van der Waals surface area contributed by atoms with Crippen LogP contribution in [-0.4, -0.2) is 59.0 Å². The smallest absolute Gasteiger partial charge is 0.472 e. The highest BCUT2D eigenvalue weighted by Crippen LogP contribution is 2.43. The first-order valence-electron chi connectivity index (χ1n) is 12.8. The maximum Gasteiger partial charge on any atom is 0.472 e. The summed E-state index contributed by atoms with van der Waals surface area (Å²) >= 11 is 0. The van der Waals surface area contributed by atoms with Gasteiger partial charge >= 0.3 is 19.8 Å². The number of aliphatic carboxylic acids is 1. The summed E-state index contributed by atoms with van der Waals surface area (Å²) in [4.78, 5) is 31.7. The number of hydrogen-bond donors (Lipinski definition) is 4. The number of phosphoric ester groups is 1. The Morgan fingerprint density at radius 2 is 1.37 bits per heavy atom. The Hall–Kier alpha value is -1.29. The summed E-state index contributed by atoms with van der Waals surface area (Å²) in [6.07, 6.45) is 18.6. The van der Waals surface area contributed by atoms with Crippen LogP contribution >= 0.6 is 7.82 Å². The first kappa shape index (κ1) is 33.7. The molecule has 0 heterocycles. The van der Waals surface area contributed by atoms with E-state index in [4.69, 9.17) is 15.6 Å². The number of esters is 1. The molecule has 206 valence electrons. The zero-order chi connectivity index (χ0) is 26.4. The molecule has 0 amide bonds. The van der Waals surface area contributed by atoms with Gasteiger partial charge in [0.2, 0.25) is 0 Å². The number of aliphatic hydroxyl groups is 1. The molecule has 0 spiro atoms. The molecule has 0 aliphatic heterocycles. The lowest BCUT2D eigenvalue weighted by molar-refractivity contribution is -0.147. The number of allylic oxidation sites excluding steroid dienone is 2. The average Bonchev–Trinajstić information content (AvgIpc) is 2.82. The number of carboxylic acid groups (broad SMARTS) is 1. The molecule has 3 atom stereocenters. The summed E-state index contributed by atoms with van der Waals surface area (Å²) in [5, 5.41) is 18.3. The zero-order valence-electron chi connectivity index (χ0n) is 21.1. The number of nitrogens with two attached hydrogens (primary N) is 1. The number of carboxylic acids is 1. The van der Waals surface area contributed by atoms with E-state index in [9.17, 15) is 24.2 Å². The van der Waals surface area contributed by atoms with Crippen LogP contribution in [0.1, 0.15) is 96.8 Å². The minimum Gasteiger partial charge on any atom is -0.480 e. The highest BCUT2D eigenvalue weighted by molar-refractivity contribution is 7.47. The van der Waals surface area contributed by atoms with Gasteiger partial charge in [0.05, 0.1) is 13.2 Å². The number of rotatable bonds is 24. The molecule has 10 nitrogen and oxygen atoms in total. The van der Waals surface area contributed by atoms with E-state index in [1.54, 1.807) is 0 Å². The minimum atomic E-state index is -4.58. The number of unbranched alkanes of at least 4 members (excludes halogenated alkanes) is 11. The van der Waals surface area contributed by atoms with Crippen molar-refractivity contribution in [2.45, 2.75) is 109 Å². The molecule has 0 aromatic heterocycles. The SMILES string of the molecule is CCCCCCCC/C=C\CCCCCCCC(=O)OCC(O)COP(=O)(O)OC[C@H](N)C(=O)O. The molecule has 0 rings (SSSR count). The third-order valence-corrected chi connectivity index (χ3v) is 6.19. The quantitative estimate of drug-likeness (QED) is 0.0613. The Kier molecular flexibility index (Phi) is 21.1. The van der Waals surface area contributed by atoms with Crippen molar-refractivity contribution >= 4 is 19.8 Å². The Morgan fingerprint density at radius 3 is 1.94 bits per heavy atom. The maximum absolute atomic E-state index is 11.7. The van der Waals surface area contributed by atoms with Gasteiger partial charge in [0.15, 0.2) is 0 Å². The third kappa shape index (κ3) is 22.9. The highest BCUT2D eigenvalue weighted by atomic mass is 31.2. The van der Waals surface area contributed by atoms with Crippen LogP contribution in [0.3, 0.4) is 0 Å². The van der Waals surface area contributed by atoms with E-state index in [1.807, 2.05) is 0 Å². The van der Waals surface area contributed by atoms with Crippen molar-refractivity contribution in [3.8, 4) is 0 Å². The van der Waals surface area contributed by atoms with E-state index >= 15 is 0 Å². The van der Waals surface area contributed by atoms with Crippen LogP contribution in [-0.2, 0) is 27.9 Å².